The van der Waals surface area contributed by atoms with Crippen molar-refractivity contribution in [3.8, 4) is 56.2 Å². The minimum absolute atomic E-state index is 0.0902. The van der Waals surface area contributed by atoms with Crippen molar-refractivity contribution >= 4 is 11.0 Å². The third-order valence-corrected chi connectivity index (χ3v) is 11.1. The first-order chi connectivity index (χ1) is 27.9. The smallest absolute Gasteiger partial charge is 0.295 e. The number of fused-ring (bicyclic) bond motifs is 1. The van der Waals surface area contributed by atoms with Gasteiger partial charge < -0.3 is 5.11 Å². The van der Waals surface area contributed by atoms with Gasteiger partial charge in [-0.15, -0.1) is 0 Å². The highest BCUT2D eigenvalue weighted by atomic mass is 16.3. The molecule has 0 saturated heterocycles. The van der Waals surface area contributed by atoms with Crippen molar-refractivity contribution in [1.82, 2.24) is 4.57 Å². The summed E-state index contributed by atoms with van der Waals surface area (Å²) in [4.78, 5) is 0. The SMILES string of the molecule is [2H]c1cc(C([2H])(C)C)c(-n2c(-c3c(C)ccc(-c4ccc(-c5c(C([2H])(C)C)cc(-c6ccccc6)cc5C([2H])(C)C)cc4O)c3C)[n+](C)c3ccccc32)c(C([2H])(C)C)c1. The molecule has 0 aliphatic heterocycles. The van der Waals surface area contributed by atoms with Crippen molar-refractivity contribution < 1.29 is 16.5 Å². The maximum atomic E-state index is 12.1. The van der Waals surface area contributed by atoms with E-state index in [1.165, 1.54) is 0 Å². The fraction of sp³-hybridized carbons (Fsp3) is 0.288. The molecule has 3 heteroatoms. The first kappa shape index (κ1) is 31.9. The van der Waals surface area contributed by atoms with Gasteiger partial charge in [0.25, 0.3) is 5.82 Å². The first-order valence-corrected chi connectivity index (χ1v) is 19.2. The number of para-hydroxylation sites is 3. The van der Waals surface area contributed by atoms with Crippen LogP contribution in [-0.4, -0.2) is 9.67 Å². The second-order valence-electron chi connectivity index (χ2n) is 15.8. The number of hydrogen-bond acceptors (Lipinski definition) is 1. The molecule has 0 saturated carbocycles. The number of hydrogen-bond donors (Lipinski definition) is 1. The summed E-state index contributed by atoms with van der Waals surface area (Å²) in [6.07, 6.45) is 0. The van der Waals surface area contributed by atoms with Gasteiger partial charge in [-0.3, -0.25) is 0 Å². The Morgan fingerprint density at radius 2 is 1.15 bits per heavy atom. The van der Waals surface area contributed by atoms with Crippen molar-refractivity contribution in [2.24, 2.45) is 7.05 Å². The van der Waals surface area contributed by atoms with Crippen LogP contribution in [0.25, 0.3) is 61.5 Å². The van der Waals surface area contributed by atoms with Crippen LogP contribution in [0.1, 0.15) is 119 Å². The topological polar surface area (TPSA) is 29.0 Å². The molecule has 1 N–H and O–H groups in total. The molecule has 0 amide bonds. The average Bonchev–Trinajstić information content (AvgIpc) is 3.44. The lowest BCUT2D eigenvalue weighted by molar-refractivity contribution is -0.633. The molecule has 7 aromatic rings. The lowest BCUT2D eigenvalue weighted by atomic mass is 9.82. The van der Waals surface area contributed by atoms with Gasteiger partial charge in [-0.25, -0.2) is 4.57 Å². The summed E-state index contributed by atoms with van der Waals surface area (Å²) in [5.74, 6) is -3.22. The predicted octanol–water partition coefficient (Wildman–Crippen LogP) is 13.9. The Balaban J connectivity index is 1.49. The molecule has 7 rings (SSSR count). The van der Waals surface area contributed by atoms with Crippen LogP contribution in [0, 0.1) is 13.8 Å². The van der Waals surface area contributed by atoms with Gasteiger partial charge in [0.05, 0.1) is 14.0 Å². The summed E-state index contributed by atoms with van der Waals surface area (Å²) in [5.41, 5.74) is 13.4. The first-order valence-electron chi connectivity index (χ1n) is 21.7. The monoisotopic (exact) mass is 730 g/mol. The number of aromatic nitrogens is 2. The van der Waals surface area contributed by atoms with Gasteiger partial charge in [0.15, 0.2) is 11.0 Å². The van der Waals surface area contributed by atoms with E-state index in [0.717, 1.165) is 78.2 Å². The van der Waals surface area contributed by atoms with E-state index in [1.54, 1.807) is 18.2 Å². The van der Waals surface area contributed by atoms with Crippen LogP contribution >= 0.6 is 0 Å². The Labute approximate surface area is 336 Å². The second kappa shape index (κ2) is 15.0. The van der Waals surface area contributed by atoms with Gasteiger partial charge in [0.2, 0.25) is 0 Å². The second-order valence-corrected chi connectivity index (χ2v) is 15.8. The van der Waals surface area contributed by atoms with Gasteiger partial charge in [0, 0.05) is 22.2 Å². The molecule has 0 aliphatic carbocycles. The number of rotatable bonds is 9. The Morgan fingerprint density at radius 3 is 1.73 bits per heavy atom. The Hall–Kier alpha value is -5.41. The van der Waals surface area contributed by atoms with E-state index in [-0.39, 0.29) is 11.8 Å². The minimum Gasteiger partial charge on any atom is -0.507 e. The van der Waals surface area contributed by atoms with E-state index in [1.807, 2.05) is 123 Å². The van der Waals surface area contributed by atoms with Gasteiger partial charge in [-0.2, -0.15) is 4.57 Å². The molecule has 0 unspecified atom stereocenters. The molecule has 3 nitrogen and oxygen atoms in total. The number of imidazole rings is 1. The molecule has 280 valence electrons. The normalized spacial score (nSPS) is 14.0. The maximum absolute atomic E-state index is 12.1. The summed E-state index contributed by atoms with van der Waals surface area (Å²) < 4.78 is 50.3. The van der Waals surface area contributed by atoms with E-state index in [0.29, 0.717) is 16.7 Å². The molecule has 0 spiro atoms. The highest BCUT2D eigenvalue weighted by Crippen LogP contribution is 2.45. The fourth-order valence-electron chi connectivity index (χ4n) is 8.25. The number of nitrogens with zero attached hydrogens (tertiary/aromatic N) is 2. The third kappa shape index (κ3) is 6.69. The minimum atomic E-state index is -1.08. The van der Waals surface area contributed by atoms with Crippen molar-refractivity contribution in [3.05, 3.63) is 149 Å². The zero-order valence-electron chi connectivity index (χ0n) is 39.2. The lowest BCUT2D eigenvalue weighted by Crippen LogP contribution is -2.31. The molecule has 0 bridgehead atoms. The number of aryl methyl sites for hydroxylation is 2. The summed E-state index contributed by atoms with van der Waals surface area (Å²) in [5, 5.41) is 12.1. The molecular weight excluding hydrogens is 669 g/mol. The van der Waals surface area contributed by atoms with Gasteiger partial charge in [-0.1, -0.05) is 152 Å². The summed E-state index contributed by atoms with van der Waals surface area (Å²) in [6.45, 7) is 19.0. The van der Waals surface area contributed by atoms with Crippen LogP contribution in [0.15, 0.2) is 115 Å². The highest BCUT2D eigenvalue weighted by molar-refractivity contribution is 5.87. The predicted molar refractivity (Wildman–Crippen MR) is 234 cm³/mol. The summed E-state index contributed by atoms with van der Waals surface area (Å²) in [7, 11) is 2.04. The van der Waals surface area contributed by atoms with Crippen LogP contribution in [0.4, 0.5) is 0 Å². The largest absolute Gasteiger partial charge is 0.507 e. The van der Waals surface area contributed by atoms with Crippen LogP contribution in [0.3, 0.4) is 0 Å². The van der Waals surface area contributed by atoms with Crippen LogP contribution in [0.5, 0.6) is 5.75 Å². The zero-order valence-corrected chi connectivity index (χ0v) is 34.2. The van der Waals surface area contributed by atoms with E-state index in [4.69, 9.17) is 1.37 Å². The standard InChI is InChI=1S/C52H56N2O/c1-31(2)40-20-17-21-41(32(3)4)51(40)54-47-23-16-15-22-46(47)53(11)52(54)49-35(9)24-26-42(36(49)10)43-27-25-38(30-48(43)55)50-44(33(5)6)28-39(29-45(50)34(7)8)37-18-13-12-14-19-37/h12-34H,1-11H3/p+1/i17D,31D,32D,33D,34D. The molecule has 1 aromatic heterocycles. The molecular formula is C52H57N2O+. The Bertz CT molecular complexity index is 2720. The molecule has 0 atom stereocenters. The number of benzene rings is 6. The fourth-order valence-corrected chi connectivity index (χ4v) is 8.25. The molecule has 1 heterocycles. The van der Waals surface area contributed by atoms with Gasteiger partial charge >= 0.3 is 0 Å². The van der Waals surface area contributed by atoms with Gasteiger partial charge in [-0.05, 0) is 106 Å². The number of aromatic hydroxyl groups is 1. The van der Waals surface area contributed by atoms with E-state index in [2.05, 4.69) is 53.3 Å². The third-order valence-electron chi connectivity index (χ3n) is 11.1. The molecule has 0 aliphatic rings. The van der Waals surface area contributed by atoms with Crippen LogP contribution in [-0.2, 0) is 7.05 Å². The van der Waals surface area contributed by atoms with Crippen molar-refractivity contribution in [3.63, 3.8) is 0 Å². The molecule has 0 radical (unpaired) electrons. The number of phenolic OH excluding ortho intramolecular Hbond substituents is 1. The maximum Gasteiger partial charge on any atom is 0.295 e. The number of phenols is 1. The Morgan fingerprint density at radius 1 is 0.582 bits per heavy atom. The summed E-state index contributed by atoms with van der Waals surface area (Å²) in [6, 6.07) is 36.0. The quantitative estimate of drug-likeness (QED) is 0.147. The zero-order chi connectivity index (χ0) is 43.9. The van der Waals surface area contributed by atoms with Crippen molar-refractivity contribution in [2.45, 2.75) is 92.8 Å². The highest BCUT2D eigenvalue weighted by Gasteiger charge is 2.33. The average molecular weight is 731 g/mol. The van der Waals surface area contributed by atoms with Crippen LogP contribution < -0.4 is 4.57 Å². The van der Waals surface area contributed by atoms with E-state index in [9.17, 15) is 10.6 Å². The summed E-state index contributed by atoms with van der Waals surface area (Å²) >= 11 is 0. The lowest BCUT2D eigenvalue weighted by Gasteiger charge is -2.23. The van der Waals surface area contributed by atoms with E-state index < -0.39 is 23.6 Å². The van der Waals surface area contributed by atoms with Gasteiger partial charge in [0.1, 0.15) is 11.4 Å². The Kier molecular flexibility index (Phi) is 8.71. The molecule has 55 heavy (non-hydrogen) atoms. The van der Waals surface area contributed by atoms with Crippen molar-refractivity contribution in [2.75, 3.05) is 0 Å². The molecule has 6 aromatic carbocycles. The van der Waals surface area contributed by atoms with Crippen molar-refractivity contribution in [1.29, 1.82) is 0 Å². The van der Waals surface area contributed by atoms with E-state index >= 15 is 0 Å². The van der Waals surface area contributed by atoms with Crippen LogP contribution in [0.2, 0.25) is 0 Å². The molecule has 0 fully saturated rings.